The molecule has 1 aromatic carbocycles. The van der Waals surface area contributed by atoms with Crippen molar-refractivity contribution in [2.45, 2.75) is 36.7 Å². The number of rotatable bonds is 5. The minimum Gasteiger partial charge on any atom is -0.496 e. The normalized spacial score (nSPS) is 16.8. The van der Waals surface area contributed by atoms with Crippen LogP contribution in [-0.2, 0) is 5.75 Å². The van der Waals surface area contributed by atoms with Crippen LogP contribution in [0.25, 0.3) is 0 Å². The lowest BCUT2D eigenvalue weighted by molar-refractivity contribution is 0.318. The van der Waals surface area contributed by atoms with Gasteiger partial charge >= 0.3 is 0 Å². The number of hydrogen-bond acceptors (Lipinski definition) is 4. The van der Waals surface area contributed by atoms with Gasteiger partial charge in [0.25, 0.3) is 0 Å². The standard InChI is InChI=1S/C14H20N2O2S/c1-18-13-7-6-10(8-12(13)14(15)16-17)9-19-11-4-2-3-5-11/h6-8,11,17H,2-5,9H2,1H3,(H2,15,16). The lowest BCUT2D eigenvalue weighted by Gasteiger charge is -2.11. The molecular formula is C14H20N2O2S. The first-order valence-electron chi connectivity index (χ1n) is 6.51. The second-order valence-corrected chi connectivity index (χ2v) is 6.03. The predicted octanol–water partition coefficient (Wildman–Crippen LogP) is 2.97. The van der Waals surface area contributed by atoms with Crippen LogP contribution in [-0.4, -0.2) is 23.4 Å². The first-order chi connectivity index (χ1) is 9.24. The molecule has 0 radical (unpaired) electrons. The summed E-state index contributed by atoms with van der Waals surface area (Å²) in [5.74, 6) is 1.68. The van der Waals surface area contributed by atoms with Crippen molar-refractivity contribution in [1.82, 2.24) is 0 Å². The molecule has 1 aliphatic carbocycles. The van der Waals surface area contributed by atoms with E-state index in [2.05, 4.69) is 5.16 Å². The maximum atomic E-state index is 8.80. The molecule has 0 heterocycles. The molecule has 0 amide bonds. The van der Waals surface area contributed by atoms with Crippen LogP contribution in [0.3, 0.4) is 0 Å². The summed E-state index contributed by atoms with van der Waals surface area (Å²) in [4.78, 5) is 0. The topological polar surface area (TPSA) is 67.8 Å². The molecule has 19 heavy (non-hydrogen) atoms. The Morgan fingerprint density at radius 2 is 2.21 bits per heavy atom. The lowest BCUT2D eigenvalue weighted by Crippen LogP contribution is -2.14. The Kier molecular flexibility index (Phi) is 4.96. The summed E-state index contributed by atoms with van der Waals surface area (Å²) in [6.45, 7) is 0. The van der Waals surface area contributed by atoms with Gasteiger partial charge in [-0.25, -0.2) is 0 Å². The van der Waals surface area contributed by atoms with Crippen molar-refractivity contribution in [1.29, 1.82) is 0 Å². The summed E-state index contributed by atoms with van der Waals surface area (Å²) in [6, 6.07) is 5.85. The fraction of sp³-hybridized carbons (Fsp3) is 0.500. The highest BCUT2D eigenvalue weighted by atomic mass is 32.2. The zero-order chi connectivity index (χ0) is 13.7. The predicted molar refractivity (Wildman–Crippen MR) is 79.1 cm³/mol. The highest BCUT2D eigenvalue weighted by molar-refractivity contribution is 7.99. The average Bonchev–Trinajstić information content (AvgIpc) is 2.97. The molecule has 0 bridgehead atoms. The second kappa shape index (κ2) is 6.70. The highest BCUT2D eigenvalue weighted by Gasteiger charge is 2.16. The number of benzene rings is 1. The van der Waals surface area contributed by atoms with E-state index in [-0.39, 0.29) is 5.84 Å². The number of nitrogens with two attached hydrogens (primary N) is 1. The Morgan fingerprint density at radius 1 is 1.47 bits per heavy atom. The van der Waals surface area contributed by atoms with Gasteiger partial charge in [0.2, 0.25) is 0 Å². The number of ether oxygens (including phenoxy) is 1. The van der Waals surface area contributed by atoms with Crippen LogP contribution in [0.5, 0.6) is 5.75 Å². The van der Waals surface area contributed by atoms with Crippen molar-refractivity contribution >= 4 is 17.6 Å². The zero-order valence-corrected chi connectivity index (χ0v) is 11.9. The van der Waals surface area contributed by atoms with Crippen molar-refractivity contribution in [3.05, 3.63) is 29.3 Å². The monoisotopic (exact) mass is 280 g/mol. The smallest absolute Gasteiger partial charge is 0.173 e. The van der Waals surface area contributed by atoms with Crippen LogP contribution in [0, 0.1) is 0 Å². The van der Waals surface area contributed by atoms with Crippen LogP contribution >= 0.6 is 11.8 Å². The number of methoxy groups -OCH3 is 1. The Hall–Kier alpha value is -1.36. The van der Waals surface area contributed by atoms with Crippen LogP contribution in [0.4, 0.5) is 0 Å². The van der Waals surface area contributed by atoms with Gasteiger partial charge in [-0.3, -0.25) is 0 Å². The van der Waals surface area contributed by atoms with Crippen LogP contribution in [0.2, 0.25) is 0 Å². The van der Waals surface area contributed by atoms with Crippen molar-refractivity contribution in [2.75, 3.05) is 7.11 Å². The largest absolute Gasteiger partial charge is 0.496 e. The Balaban J connectivity index is 2.08. The summed E-state index contributed by atoms with van der Waals surface area (Å²) in [7, 11) is 1.58. The van der Waals surface area contributed by atoms with E-state index < -0.39 is 0 Å². The Labute approximate surface area is 118 Å². The van der Waals surface area contributed by atoms with E-state index in [0.717, 1.165) is 11.0 Å². The van der Waals surface area contributed by atoms with Crippen molar-refractivity contribution < 1.29 is 9.94 Å². The molecule has 0 unspecified atom stereocenters. The molecular weight excluding hydrogens is 260 g/mol. The molecule has 0 spiro atoms. The maximum Gasteiger partial charge on any atom is 0.173 e. The van der Waals surface area contributed by atoms with E-state index in [0.29, 0.717) is 11.3 Å². The molecule has 104 valence electrons. The van der Waals surface area contributed by atoms with Gasteiger partial charge in [0, 0.05) is 11.0 Å². The minimum absolute atomic E-state index is 0.0876. The number of nitrogens with zero attached hydrogens (tertiary/aromatic N) is 1. The first kappa shape index (κ1) is 14.1. The number of amidine groups is 1. The molecule has 1 fully saturated rings. The lowest BCUT2D eigenvalue weighted by atomic mass is 10.1. The van der Waals surface area contributed by atoms with Gasteiger partial charge in [0.1, 0.15) is 5.75 Å². The van der Waals surface area contributed by atoms with Crippen LogP contribution in [0.15, 0.2) is 23.4 Å². The van der Waals surface area contributed by atoms with E-state index >= 15 is 0 Å². The van der Waals surface area contributed by atoms with Gasteiger partial charge in [-0.15, -0.1) is 0 Å². The van der Waals surface area contributed by atoms with E-state index in [1.165, 1.54) is 31.2 Å². The molecule has 5 heteroatoms. The molecule has 4 nitrogen and oxygen atoms in total. The Bertz CT molecular complexity index is 457. The van der Waals surface area contributed by atoms with Gasteiger partial charge in [-0.1, -0.05) is 24.1 Å². The molecule has 3 N–H and O–H groups in total. The van der Waals surface area contributed by atoms with Crippen LogP contribution in [0.1, 0.15) is 36.8 Å². The summed E-state index contributed by atoms with van der Waals surface area (Å²) >= 11 is 1.99. The van der Waals surface area contributed by atoms with Gasteiger partial charge in [0.05, 0.1) is 12.7 Å². The maximum absolute atomic E-state index is 8.80. The van der Waals surface area contributed by atoms with Crippen LogP contribution < -0.4 is 10.5 Å². The summed E-state index contributed by atoms with van der Waals surface area (Å²) in [5.41, 5.74) is 7.50. The third kappa shape index (κ3) is 3.56. The van der Waals surface area contributed by atoms with Gasteiger partial charge in [-0.2, -0.15) is 11.8 Å². The second-order valence-electron chi connectivity index (χ2n) is 4.74. The molecule has 0 aliphatic heterocycles. The van der Waals surface area contributed by atoms with Gasteiger partial charge < -0.3 is 15.7 Å². The van der Waals surface area contributed by atoms with E-state index in [4.69, 9.17) is 15.7 Å². The highest BCUT2D eigenvalue weighted by Crippen LogP contribution is 2.32. The van der Waals surface area contributed by atoms with E-state index in [9.17, 15) is 0 Å². The molecule has 0 atom stereocenters. The third-order valence-corrected chi connectivity index (χ3v) is 4.88. The average molecular weight is 280 g/mol. The number of thioether (sulfide) groups is 1. The first-order valence-corrected chi connectivity index (χ1v) is 7.56. The van der Waals surface area contributed by atoms with E-state index in [1.54, 1.807) is 7.11 Å². The molecule has 1 saturated carbocycles. The minimum atomic E-state index is 0.0876. The Morgan fingerprint density at radius 3 is 2.84 bits per heavy atom. The van der Waals surface area contributed by atoms with Gasteiger partial charge in [-0.05, 0) is 30.5 Å². The van der Waals surface area contributed by atoms with Crippen molar-refractivity contribution in [3.63, 3.8) is 0 Å². The summed E-state index contributed by atoms with van der Waals surface area (Å²) in [6.07, 6.45) is 5.37. The van der Waals surface area contributed by atoms with E-state index in [1.807, 2.05) is 30.0 Å². The summed E-state index contributed by atoms with van der Waals surface area (Å²) in [5, 5.41) is 12.6. The fourth-order valence-electron chi connectivity index (χ4n) is 2.37. The number of hydrogen-bond donors (Lipinski definition) is 2. The molecule has 0 saturated heterocycles. The molecule has 1 aliphatic rings. The van der Waals surface area contributed by atoms with Crippen molar-refractivity contribution in [2.24, 2.45) is 10.9 Å². The molecule has 1 aromatic rings. The third-order valence-electron chi connectivity index (χ3n) is 3.44. The molecule has 2 rings (SSSR count). The molecule has 0 aromatic heterocycles. The quantitative estimate of drug-likeness (QED) is 0.376. The SMILES string of the molecule is COc1ccc(CSC2CCCC2)cc1C(N)=NO. The van der Waals surface area contributed by atoms with Crippen molar-refractivity contribution in [3.8, 4) is 5.75 Å². The number of oxime groups is 1. The zero-order valence-electron chi connectivity index (χ0n) is 11.1. The van der Waals surface area contributed by atoms with Gasteiger partial charge in [0.15, 0.2) is 5.84 Å². The summed E-state index contributed by atoms with van der Waals surface area (Å²) < 4.78 is 5.22. The fourth-order valence-corrected chi connectivity index (χ4v) is 3.64.